The molecule has 8 nitrogen and oxygen atoms in total. The molecule has 0 saturated heterocycles. The van der Waals surface area contributed by atoms with Crippen LogP contribution in [0.2, 0.25) is 0 Å². The summed E-state index contributed by atoms with van der Waals surface area (Å²) in [6.07, 6.45) is 11.9. The summed E-state index contributed by atoms with van der Waals surface area (Å²) in [5, 5.41) is 23.9. The summed E-state index contributed by atoms with van der Waals surface area (Å²) >= 11 is 0. The number of aromatic nitrogens is 3. The van der Waals surface area contributed by atoms with Gasteiger partial charge in [-0.1, -0.05) is 12.1 Å². The van der Waals surface area contributed by atoms with Crippen molar-refractivity contribution in [2.75, 3.05) is 5.32 Å². The fraction of sp³-hybridized carbons (Fsp3) is 0.0952. The summed E-state index contributed by atoms with van der Waals surface area (Å²) in [6, 6.07) is 9.25. The van der Waals surface area contributed by atoms with Crippen molar-refractivity contribution in [3.05, 3.63) is 72.3 Å². The quantitative estimate of drug-likeness (QED) is 0.267. The van der Waals surface area contributed by atoms with Crippen molar-refractivity contribution in [2.45, 2.75) is 12.8 Å². The summed E-state index contributed by atoms with van der Waals surface area (Å²) < 4.78 is 4.69. The van der Waals surface area contributed by atoms with Crippen molar-refractivity contribution in [2.24, 2.45) is 0 Å². The smallest absolute Gasteiger partial charge is 0.248 e. The molecule has 0 unspecified atom stereocenters. The van der Waals surface area contributed by atoms with Crippen LogP contribution in [0.5, 0.6) is 0 Å². The molecule has 8 heteroatoms. The number of pyridine rings is 1. The Morgan fingerprint density at radius 2 is 2.03 bits per heavy atom. The van der Waals surface area contributed by atoms with Gasteiger partial charge in [-0.3, -0.25) is 25.7 Å². The number of aryl methyl sites for hydroxylation is 1. The van der Waals surface area contributed by atoms with E-state index >= 15 is 0 Å². The molecule has 2 aromatic heterocycles. The molecule has 0 aliphatic heterocycles. The maximum Gasteiger partial charge on any atom is 0.248 e. The third-order valence-electron chi connectivity index (χ3n) is 4.14. The first-order valence-electron chi connectivity index (χ1n) is 8.90. The predicted octanol–water partition coefficient (Wildman–Crippen LogP) is 3.66. The normalized spacial score (nSPS) is 10.6. The lowest BCUT2D eigenvalue weighted by Gasteiger charge is -2.06. The molecule has 1 aromatic carbocycles. The highest BCUT2D eigenvalue weighted by Crippen LogP contribution is 2.22. The maximum absolute atomic E-state index is 12.3. The van der Waals surface area contributed by atoms with Crippen LogP contribution in [0.4, 0.5) is 5.69 Å². The van der Waals surface area contributed by atoms with Gasteiger partial charge in [-0.2, -0.15) is 5.10 Å². The van der Waals surface area contributed by atoms with Crippen LogP contribution in [0, 0.1) is 10.8 Å². The van der Waals surface area contributed by atoms with Gasteiger partial charge in [-0.25, -0.2) is 0 Å². The van der Waals surface area contributed by atoms with Crippen LogP contribution in [-0.4, -0.2) is 33.4 Å². The number of rotatable bonds is 8. The Kier molecular flexibility index (Phi) is 6.62. The number of carbonyl (C=O) groups is 1. The Morgan fingerprint density at radius 1 is 1.21 bits per heavy atom. The van der Waals surface area contributed by atoms with Crippen LogP contribution in [0.25, 0.3) is 17.2 Å². The molecule has 3 rings (SSSR count). The molecule has 0 atom stereocenters. The zero-order valence-corrected chi connectivity index (χ0v) is 15.6. The number of ether oxygens (including phenoxy) is 1. The number of aromatic amines is 1. The minimum absolute atomic E-state index is 0.0488. The van der Waals surface area contributed by atoms with Gasteiger partial charge in [0.05, 0.1) is 6.20 Å². The van der Waals surface area contributed by atoms with E-state index in [0.29, 0.717) is 18.5 Å². The van der Waals surface area contributed by atoms with E-state index in [2.05, 4.69) is 25.2 Å². The molecule has 0 saturated carbocycles. The van der Waals surface area contributed by atoms with Gasteiger partial charge < -0.3 is 10.1 Å². The summed E-state index contributed by atoms with van der Waals surface area (Å²) in [5.74, 6) is -0.200. The molecule has 0 aliphatic carbocycles. The highest BCUT2D eigenvalue weighted by Gasteiger charge is 2.05. The number of nitrogens with zero attached hydrogens (tertiary/aromatic N) is 2. The van der Waals surface area contributed by atoms with Gasteiger partial charge in [0.1, 0.15) is 0 Å². The van der Waals surface area contributed by atoms with Crippen LogP contribution in [-0.2, 0) is 16.0 Å². The van der Waals surface area contributed by atoms with Crippen molar-refractivity contribution in [3.8, 4) is 11.1 Å². The number of H-pyrrole nitrogens is 1. The lowest BCUT2D eigenvalue weighted by atomic mass is 10.0. The van der Waals surface area contributed by atoms with E-state index in [1.54, 1.807) is 30.9 Å². The Bertz CT molecular complexity index is 1010. The molecule has 0 aliphatic rings. The first kappa shape index (κ1) is 19.7. The average Bonchev–Trinajstić information content (AvgIpc) is 3.27. The third kappa shape index (κ3) is 5.70. The van der Waals surface area contributed by atoms with Crippen molar-refractivity contribution < 1.29 is 9.53 Å². The standard InChI is InChI=1S/C21H20N6O2/c22-14-29-20(23)7-3-15-1-5-18(6-2-15)27-21(28)8-4-16-11-24-10-9-19(16)17-12-25-26-13-17/h1-2,4-6,8-14,22-23H,3,7H2,(H,25,26)(H,27,28)/b8-4+,22-14?,23-20?. The van der Waals surface area contributed by atoms with Gasteiger partial charge in [-0.15, -0.1) is 0 Å². The number of nitrogens with one attached hydrogen (secondary N) is 4. The van der Waals surface area contributed by atoms with Gasteiger partial charge in [0, 0.05) is 47.9 Å². The molecule has 0 fully saturated rings. The van der Waals surface area contributed by atoms with Crippen molar-refractivity contribution in [1.82, 2.24) is 15.2 Å². The molecule has 0 spiro atoms. The van der Waals surface area contributed by atoms with Crippen molar-refractivity contribution >= 4 is 30.0 Å². The molecule has 4 N–H and O–H groups in total. The van der Waals surface area contributed by atoms with Gasteiger partial charge in [0.25, 0.3) is 0 Å². The van der Waals surface area contributed by atoms with Crippen LogP contribution in [0.15, 0.2) is 61.2 Å². The summed E-state index contributed by atoms with van der Waals surface area (Å²) in [7, 11) is 0. The zero-order valence-electron chi connectivity index (χ0n) is 15.6. The molecule has 0 bridgehead atoms. The minimum Gasteiger partial charge on any atom is -0.433 e. The molecule has 0 radical (unpaired) electrons. The second-order valence-corrected chi connectivity index (χ2v) is 6.13. The van der Waals surface area contributed by atoms with E-state index in [1.807, 2.05) is 30.3 Å². The monoisotopic (exact) mass is 388 g/mol. The van der Waals surface area contributed by atoms with Gasteiger partial charge in [0.2, 0.25) is 5.91 Å². The molecule has 3 aromatic rings. The lowest BCUT2D eigenvalue weighted by Crippen LogP contribution is -2.08. The van der Waals surface area contributed by atoms with Gasteiger partial charge in [0.15, 0.2) is 12.3 Å². The second-order valence-electron chi connectivity index (χ2n) is 6.13. The number of carbonyl (C=O) groups excluding carboxylic acids is 1. The first-order valence-corrected chi connectivity index (χ1v) is 8.90. The van der Waals surface area contributed by atoms with E-state index in [1.165, 1.54) is 6.08 Å². The van der Waals surface area contributed by atoms with Crippen LogP contribution < -0.4 is 5.32 Å². The number of benzene rings is 1. The molecular formula is C21H20N6O2. The summed E-state index contributed by atoms with van der Waals surface area (Å²) in [6.45, 7) is 0. The lowest BCUT2D eigenvalue weighted by molar-refractivity contribution is -0.111. The summed E-state index contributed by atoms with van der Waals surface area (Å²) in [5.41, 5.74) is 4.35. The SMILES string of the molecule is N=COC(=N)CCc1ccc(NC(=O)/C=C/c2cnccc2-c2cn[nH]c2)cc1. The van der Waals surface area contributed by atoms with E-state index in [0.717, 1.165) is 28.7 Å². The van der Waals surface area contributed by atoms with Crippen LogP contribution in [0.1, 0.15) is 17.5 Å². The molecule has 29 heavy (non-hydrogen) atoms. The Balaban J connectivity index is 1.59. The van der Waals surface area contributed by atoms with E-state index in [4.69, 9.17) is 10.8 Å². The fourth-order valence-electron chi connectivity index (χ4n) is 2.69. The minimum atomic E-state index is -0.249. The van der Waals surface area contributed by atoms with E-state index in [9.17, 15) is 4.79 Å². The number of anilines is 1. The third-order valence-corrected chi connectivity index (χ3v) is 4.14. The van der Waals surface area contributed by atoms with Crippen molar-refractivity contribution in [1.29, 1.82) is 10.8 Å². The Hall–Kier alpha value is -4.07. The highest BCUT2D eigenvalue weighted by molar-refractivity contribution is 6.02. The fourth-order valence-corrected chi connectivity index (χ4v) is 2.69. The van der Waals surface area contributed by atoms with Crippen LogP contribution in [0.3, 0.4) is 0 Å². The Morgan fingerprint density at radius 3 is 2.76 bits per heavy atom. The highest BCUT2D eigenvalue weighted by atomic mass is 16.5. The topological polar surface area (TPSA) is 128 Å². The maximum atomic E-state index is 12.3. The van der Waals surface area contributed by atoms with E-state index in [-0.39, 0.29) is 11.8 Å². The number of amides is 1. The van der Waals surface area contributed by atoms with Gasteiger partial charge in [-0.05, 0) is 41.8 Å². The molecule has 146 valence electrons. The van der Waals surface area contributed by atoms with Crippen molar-refractivity contribution in [3.63, 3.8) is 0 Å². The largest absolute Gasteiger partial charge is 0.433 e. The number of hydrogen-bond acceptors (Lipinski definition) is 6. The molecule has 1 amide bonds. The van der Waals surface area contributed by atoms with Crippen LogP contribution >= 0.6 is 0 Å². The molecule has 2 heterocycles. The first-order chi connectivity index (χ1) is 14.2. The second kappa shape index (κ2) is 9.75. The number of hydrogen-bond donors (Lipinski definition) is 4. The van der Waals surface area contributed by atoms with E-state index < -0.39 is 0 Å². The zero-order chi connectivity index (χ0) is 20.5. The molecular weight excluding hydrogens is 368 g/mol. The summed E-state index contributed by atoms with van der Waals surface area (Å²) in [4.78, 5) is 16.4. The predicted molar refractivity (Wildman–Crippen MR) is 112 cm³/mol. The Labute approximate surface area is 167 Å². The average molecular weight is 388 g/mol. The van der Waals surface area contributed by atoms with Gasteiger partial charge >= 0.3 is 0 Å².